The molecule has 0 aromatic heterocycles. The molecule has 0 aromatic rings. The van der Waals surface area contributed by atoms with Gasteiger partial charge in [-0.15, -0.1) is 0 Å². The quantitative estimate of drug-likeness (QED) is 0.358. The fourth-order valence-corrected chi connectivity index (χ4v) is 0.306. The topological polar surface area (TPSA) is 95.6 Å². The summed E-state index contributed by atoms with van der Waals surface area (Å²) in [5, 5.41) is 19.2. The van der Waals surface area contributed by atoms with Gasteiger partial charge in [-0.3, -0.25) is 0 Å². The monoisotopic (exact) mass is 228 g/mol. The molecule has 0 saturated heterocycles. The van der Waals surface area contributed by atoms with Crippen molar-refractivity contribution in [2.45, 2.75) is 20.0 Å². The van der Waals surface area contributed by atoms with Gasteiger partial charge in [0.05, 0.1) is 6.61 Å². The summed E-state index contributed by atoms with van der Waals surface area (Å²) in [5.74, 6) is 0. The summed E-state index contributed by atoms with van der Waals surface area (Å²) in [6, 6.07) is 0. The van der Waals surface area contributed by atoms with Crippen LogP contribution < -0.4 is 11.1 Å². The molecule has 0 saturated carbocycles. The van der Waals surface area contributed by atoms with Gasteiger partial charge in [-0.25, -0.2) is 0 Å². The second-order valence-electron chi connectivity index (χ2n) is 2.36. The Morgan fingerprint density at radius 2 is 1.77 bits per heavy atom. The zero-order valence-corrected chi connectivity index (χ0v) is 9.85. The van der Waals surface area contributed by atoms with E-state index in [1.165, 1.54) is 0 Å². The van der Waals surface area contributed by atoms with Crippen LogP contribution in [0.3, 0.4) is 0 Å². The van der Waals surface area contributed by atoms with Crippen molar-refractivity contribution in [2.75, 3.05) is 26.2 Å². The van der Waals surface area contributed by atoms with Gasteiger partial charge in [0.25, 0.3) is 0 Å². The average Bonchev–Trinajstić information content (AvgIpc) is 2.08. The predicted molar refractivity (Wildman–Crippen MR) is 47.1 cm³/mol. The zero-order valence-electron chi connectivity index (χ0n) is 8.29. The van der Waals surface area contributed by atoms with Gasteiger partial charge in [0, 0.05) is 25.7 Å². The summed E-state index contributed by atoms with van der Waals surface area (Å²) >= 11 is 0.750. The van der Waals surface area contributed by atoms with Crippen molar-refractivity contribution in [1.82, 2.24) is 5.32 Å². The molecular weight excluding hydrogens is 208 g/mol. The van der Waals surface area contributed by atoms with Crippen molar-refractivity contribution in [3.8, 4) is 0 Å². The summed E-state index contributed by atoms with van der Waals surface area (Å²) < 4.78 is 8.25. The van der Waals surface area contributed by atoms with Crippen LogP contribution in [0.1, 0.15) is 13.8 Å². The second kappa shape index (κ2) is 22.8. The van der Waals surface area contributed by atoms with Crippen LogP contribution in [-0.2, 0) is 23.7 Å². The SMILES string of the molecule is CC(C)O.NCCNCCO.[O]=[Ti]. The first-order valence-corrected chi connectivity index (χ1v) is 4.69. The Morgan fingerprint density at radius 3 is 2.00 bits per heavy atom. The van der Waals surface area contributed by atoms with E-state index in [0.717, 1.165) is 26.9 Å². The van der Waals surface area contributed by atoms with Crippen LogP contribution >= 0.6 is 0 Å². The Bertz CT molecular complexity index is 70.0. The molecule has 0 aliphatic rings. The van der Waals surface area contributed by atoms with Gasteiger partial charge in [-0.05, 0) is 13.8 Å². The maximum absolute atomic E-state index is 8.25. The molecule has 0 aliphatic heterocycles. The molecule has 0 spiro atoms. The fourth-order valence-electron chi connectivity index (χ4n) is 0.306. The number of hydrogen-bond acceptors (Lipinski definition) is 5. The molecule has 80 valence electrons. The van der Waals surface area contributed by atoms with E-state index in [9.17, 15) is 0 Å². The Kier molecular flexibility index (Phi) is 33.4. The first kappa shape index (κ1) is 19.0. The summed E-state index contributed by atoms with van der Waals surface area (Å²) in [4.78, 5) is 0. The normalized spacial score (nSPS) is 8.08. The van der Waals surface area contributed by atoms with Crippen molar-refractivity contribution >= 4 is 0 Å². The van der Waals surface area contributed by atoms with Crippen LogP contribution in [0.15, 0.2) is 0 Å². The van der Waals surface area contributed by atoms with Crippen molar-refractivity contribution in [3.63, 3.8) is 0 Å². The Hall–Kier alpha value is 0.354. The molecule has 0 fully saturated rings. The molecule has 5 nitrogen and oxygen atoms in total. The van der Waals surface area contributed by atoms with E-state index in [4.69, 9.17) is 19.3 Å². The number of aliphatic hydroxyl groups is 2. The van der Waals surface area contributed by atoms with Crippen molar-refractivity contribution < 1.29 is 33.9 Å². The van der Waals surface area contributed by atoms with Gasteiger partial charge in [0.1, 0.15) is 0 Å². The van der Waals surface area contributed by atoms with Crippen LogP contribution in [0.5, 0.6) is 0 Å². The van der Waals surface area contributed by atoms with Crippen molar-refractivity contribution in [3.05, 3.63) is 0 Å². The molecular formula is C7H20N2O3Ti. The van der Waals surface area contributed by atoms with Crippen LogP contribution in [0, 0.1) is 0 Å². The number of nitrogens with one attached hydrogen (secondary N) is 1. The number of aliphatic hydroxyl groups excluding tert-OH is 2. The van der Waals surface area contributed by atoms with E-state index in [-0.39, 0.29) is 12.7 Å². The molecule has 0 aliphatic carbocycles. The summed E-state index contributed by atoms with van der Waals surface area (Å²) in [6.07, 6.45) is -0.167. The maximum atomic E-state index is 8.25. The minimum absolute atomic E-state index is 0.167. The first-order chi connectivity index (χ1) is 6.15. The first-order valence-electron chi connectivity index (χ1n) is 4.05. The van der Waals surface area contributed by atoms with E-state index in [1.54, 1.807) is 13.8 Å². The van der Waals surface area contributed by atoms with Crippen LogP contribution in [0.4, 0.5) is 0 Å². The molecule has 0 unspecified atom stereocenters. The van der Waals surface area contributed by atoms with Crippen LogP contribution in [0.25, 0.3) is 0 Å². The van der Waals surface area contributed by atoms with Gasteiger partial charge in [-0.1, -0.05) is 0 Å². The number of rotatable bonds is 4. The van der Waals surface area contributed by atoms with Crippen molar-refractivity contribution in [1.29, 1.82) is 0 Å². The van der Waals surface area contributed by atoms with Gasteiger partial charge in [-0.2, -0.15) is 0 Å². The van der Waals surface area contributed by atoms with E-state index < -0.39 is 0 Å². The van der Waals surface area contributed by atoms with Gasteiger partial charge in [0.2, 0.25) is 0 Å². The molecule has 0 bridgehead atoms. The molecule has 0 amide bonds. The number of hydrogen-bond donors (Lipinski definition) is 4. The summed E-state index contributed by atoms with van der Waals surface area (Å²) in [6.45, 7) is 5.72. The average molecular weight is 228 g/mol. The minimum atomic E-state index is -0.167. The zero-order chi connectivity index (χ0) is 11.1. The molecule has 6 heteroatoms. The summed E-state index contributed by atoms with van der Waals surface area (Å²) in [5.41, 5.74) is 5.13. The molecule has 0 heterocycles. The molecule has 5 N–H and O–H groups in total. The Morgan fingerprint density at radius 1 is 1.38 bits per heavy atom. The molecule has 0 radical (unpaired) electrons. The Labute approximate surface area is 91.4 Å². The Balaban J connectivity index is -0.000000142. The van der Waals surface area contributed by atoms with E-state index in [0.29, 0.717) is 13.1 Å². The van der Waals surface area contributed by atoms with Crippen molar-refractivity contribution in [2.24, 2.45) is 5.73 Å². The number of nitrogens with two attached hydrogens (primary N) is 1. The molecule has 13 heavy (non-hydrogen) atoms. The van der Waals surface area contributed by atoms with Gasteiger partial charge in [0.15, 0.2) is 0 Å². The van der Waals surface area contributed by atoms with Crippen LogP contribution in [-0.4, -0.2) is 42.6 Å². The third-order valence-electron chi connectivity index (χ3n) is 0.610. The van der Waals surface area contributed by atoms with E-state index in [2.05, 4.69) is 5.32 Å². The fraction of sp³-hybridized carbons (Fsp3) is 1.00. The molecule has 0 rings (SSSR count). The van der Waals surface area contributed by atoms with Crippen LogP contribution in [0.2, 0.25) is 0 Å². The van der Waals surface area contributed by atoms with E-state index >= 15 is 0 Å². The van der Waals surface area contributed by atoms with E-state index in [1.807, 2.05) is 0 Å². The second-order valence-corrected chi connectivity index (χ2v) is 2.36. The third-order valence-corrected chi connectivity index (χ3v) is 0.610. The third kappa shape index (κ3) is 69.9. The van der Waals surface area contributed by atoms with Gasteiger partial charge >= 0.3 is 23.7 Å². The standard InChI is InChI=1S/C4H12N2O.C3H8O.O.Ti/c5-1-2-6-3-4-7;1-3(2)4;;/h6-7H,1-5H2;3-4H,1-2H3;;. The summed E-state index contributed by atoms with van der Waals surface area (Å²) in [7, 11) is 0. The molecule has 0 aromatic carbocycles. The predicted octanol–water partition coefficient (Wildman–Crippen LogP) is -1.21. The molecule has 0 atom stereocenters. The van der Waals surface area contributed by atoms with Gasteiger partial charge < -0.3 is 21.3 Å².